The topological polar surface area (TPSA) is 152 Å². The van der Waals surface area contributed by atoms with Crippen LogP contribution in [0.2, 0.25) is 0 Å². The quantitative estimate of drug-likeness (QED) is 0.426. The standard InChI is InChI=1S/C22H29N7O5S3/c1-36(30,31)29-6-4-27(5-7-29)14-18-12-19-20(35-18)22(28-8-10-34-11-9-28)26-21(25-19)16-2-3-17(24-13-16)15-37(23,32)33/h2-3,12-13H,4-11,14-15H2,1H3,(H2,23,32,33). The van der Waals surface area contributed by atoms with E-state index in [0.717, 1.165) is 34.0 Å². The summed E-state index contributed by atoms with van der Waals surface area (Å²) in [5.41, 5.74) is 1.86. The lowest BCUT2D eigenvalue weighted by Crippen LogP contribution is -2.47. The Hall–Kier alpha value is -2.27. The van der Waals surface area contributed by atoms with Gasteiger partial charge >= 0.3 is 0 Å². The molecule has 12 nitrogen and oxygen atoms in total. The highest BCUT2D eigenvalue weighted by Gasteiger charge is 2.25. The minimum Gasteiger partial charge on any atom is -0.378 e. The Labute approximate surface area is 220 Å². The van der Waals surface area contributed by atoms with E-state index in [0.29, 0.717) is 63.0 Å². The van der Waals surface area contributed by atoms with Crippen molar-refractivity contribution < 1.29 is 21.6 Å². The number of nitrogens with two attached hydrogens (primary N) is 1. The number of thiophene rings is 1. The molecule has 2 fully saturated rings. The van der Waals surface area contributed by atoms with Crippen molar-refractivity contribution in [1.29, 1.82) is 0 Å². The first kappa shape index (κ1) is 26.3. The van der Waals surface area contributed by atoms with Crippen LogP contribution >= 0.6 is 11.3 Å². The van der Waals surface area contributed by atoms with Crippen LogP contribution in [0.5, 0.6) is 0 Å². The zero-order chi connectivity index (χ0) is 26.2. The fourth-order valence-corrected chi connectivity index (χ4v) is 7.01. The molecule has 0 amide bonds. The Morgan fingerprint density at radius 1 is 1.03 bits per heavy atom. The van der Waals surface area contributed by atoms with Crippen molar-refractivity contribution in [3.8, 4) is 11.4 Å². The number of fused-ring (bicyclic) bond motifs is 1. The van der Waals surface area contributed by atoms with Gasteiger partial charge in [0.25, 0.3) is 0 Å². The van der Waals surface area contributed by atoms with E-state index in [4.69, 9.17) is 19.8 Å². The van der Waals surface area contributed by atoms with E-state index in [2.05, 4.69) is 20.9 Å². The molecule has 2 N–H and O–H groups in total. The lowest BCUT2D eigenvalue weighted by Gasteiger charge is -2.32. The van der Waals surface area contributed by atoms with Gasteiger partial charge in [-0.2, -0.15) is 4.31 Å². The summed E-state index contributed by atoms with van der Waals surface area (Å²) >= 11 is 1.65. The van der Waals surface area contributed by atoms with E-state index >= 15 is 0 Å². The molecule has 0 spiro atoms. The zero-order valence-corrected chi connectivity index (χ0v) is 22.9. The smallest absolute Gasteiger partial charge is 0.214 e. The molecule has 0 unspecified atom stereocenters. The summed E-state index contributed by atoms with van der Waals surface area (Å²) in [6, 6.07) is 5.45. The Morgan fingerprint density at radius 3 is 2.38 bits per heavy atom. The average Bonchev–Trinajstić information content (AvgIpc) is 3.25. The number of morpholine rings is 1. The van der Waals surface area contributed by atoms with Gasteiger partial charge in [-0.15, -0.1) is 11.3 Å². The molecule has 0 bridgehead atoms. The maximum absolute atomic E-state index is 11.8. The van der Waals surface area contributed by atoms with Crippen LogP contribution in [0.3, 0.4) is 0 Å². The molecule has 0 saturated carbocycles. The SMILES string of the molecule is CS(=O)(=O)N1CCN(Cc2cc3nc(-c4ccc(CS(N)(=O)=O)nc4)nc(N4CCOCC4)c3s2)CC1. The molecule has 3 aromatic heterocycles. The van der Waals surface area contributed by atoms with Gasteiger partial charge in [0.15, 0.2) is 11.6 Å². The Kier molecular flexibility index (Phi) is 7.46. The predicted octanol–water partition coefficient (Wildman–Crippen LogP) is 0.456. The van der Waals surface area contributed by atoms with Gasteiger partial charge in [0.1, 0.15) is 5.75 Å². The molecule has 2 aliphatic rings. The van der Waals surface area contributed by atoms with Crippen molar-refractivity contribution in [3.05, 3.63) is 35.0 Å². The van der Waals surface area contributed by atoms with Crippen LogP contribution in [0.1, 0.15) is 10.6 Å². The van der Waals surface area contributed by atoms with Gasteiger partial charge in [-0.3, -0.25) is 9.88 Å². The Balaban J connectivity index is 1.43. The summed E-state index contributed by atoms with van der Waals surface area (Å²) < 4.78 is 54.5. The number of primary sulfonamides is 1. The average molecular weight is 568 g/mol. The number of piperazine rings is 1. The van der Waals surface area contributed by atoms with Gasteiger partial charge in [-0.1, -0.05) is 0 Å². The number of anilines is 1. The first-order chi connectivity index (χ1) is 17.5. The van der Waals surface area contributed by atoms with Crippen LogP contribution in [0.25, 0.3) is 21.6 Å². The highest BCUT2D eigenvalue weighted by atomic mass is 32.2. The fraction of sp³-hybridized carbons (Fsp3) is 0.500. The van der Waals surface area contributed by atoms with Crippen molar-refractivity contribution in [2.24, 2.45) is 5.14 Å². The lowest BCUT2D eigenvalue weighted by molar-refractivity contribution is 0.122. The van der Waals surface area contributed by atoms with E-state index in [1.54, 1.807) is 29.7 Å². The number of aromatic nitrogens is 3. The first-order valence-corrected chi connectivity index (χ1v) is 16.2. The number of hydrogen-bond acceptors (Lipinski definition) is 11. The normalized spacial score (nSPS) is 18.5. The van der Waals surface area contributed by atoms with Crippen LogP contribution in [-0.4, -0.2) is 99.7 Å². The second-order valence-electron chi connectivity index (χ2n) is 9.18. The van der Waals surface area contributed by atoms with Crippen LogP contribution in [0.4, 0.5) is 5.82 Å². The van der Waals surface area contributed by atoms with Crippen molar-refractivity contribution in [2.45, 2.75) is 12.3 Å². The molecule has 5 heterocycles. The largest absolute Gasteiger partial charge is 0.378 e. The number of hydrogen-bond donors (Lipinski definition) is 1. The molecule has 0 aromatic carbocycles. The number of pyridine rings is 1. The molecular weight excluding hydrogens is 538 g/mol. The van der Waals surface area contributed by atoms with Gasteiger partial charge < -0.3 is 9.64 Å². The van der Waals surface area contributed by atoms with Gasteiger partial charge in [0, 0.05) is 62.5 Å². The molecule has 2 aliphatic heterocycles. The van der Waals surface area contributed by atoms with Crippen LogP contribution in [-0.2, 0) is 37.1 Å². The van der Waals surface area contributed by atoms with Crippen molar-refractivity contribution in [3.63, 3.8) is 0 Å². The summed E-state index contributed by atoms with van der Waals surface area (Å²) in [5, 5.41) is 5.14. The molecular formula is C22H29N7O5S3. The first-order valence-electron chi connectivity index (χ1n) is 11.8. The fourth-order valence-electron chi connectivity index (χ4n) is 4.45. The number of ether oxygens (including phenoxy) is 1. The summed E-state index contributed by atoms with van der Waals surface area (Å²) in [7, 11) is -6.84. The maximum Gasteiger partial charge on any atom is 0.214 e. The van der Waals surface area contributed by atoms with E-state index in [1.165, 1.54) is 10.6 Å². The van der Waals surface area contributed by atoms with Gasteiger partial charge in [0.2, 0.25) is 20.0 Å². The molecule has 15 heteroatoms. The maximum atomic E-state index is 11.8. The van der Waals surface area contributed by atoms with Crippen LogP contribution < -0.4 is 10.0 Å². The monoisotopic (exact) mass is 567 g/mol. The Bertz CT molecular complexity index is 1480. The van der Waals surface area contributed by atoms with Gasteiger partial charge in [0.05, 0.1) is 35.4 Å². The summed E-state index contributed by atoms with van der Waals surface area (Å²) in [6.07, 6.45) is 2.82. The molecule has 0 atom stereocenters. The number of rotatable bonds is 7. The number of nitrogens with zero attached hydrogens (tertiary/aromatic N) is 6. The summed E-state index contributed by atoms with van der Waals surface area (Å²) in [5.74, 6) is 1.02. The third kappa shape index (κ3) is 6.42. The third-order valence-electron chi connectivity index (χ3n) is 6.33. The molecule has 5 rings (SSSR count). The van der Waals surface area contributed by atoms with E-state index in [9.17, 15) is 16.8 Å². The second-order valence-corrected chi connectivity index (χ2v) is 13.9. The van der Waals surface area contributed by atoms with Crippen molar-refractivity contribution in [1.82, 2.24) is 24.2 Å². The molecule has 0 radical (unpaired) electrons. The van der Waals surface area contributed by atoms with Gasteiger partial charge in [-0.25, -0.2) is 31.9 Å². The van der Waals surface area contributed by atoms with E-state index in [1.807, 2.05) is 0 Å². The summed E-state index contributed by atoms with van der Waals surface area (Å²) in [4.78, 5) is 19.5. The minimum atomic E-state index is -3.67. The van der Waals surface area contributed by atoms with Crippen LogP contribution in [0, 0.1) is 0 Å². The van der Waals surface area contributed by atoms with Gasteiger partial charge in [-0.05, 0) is 18.2 Å². The Morgan fingerprint density at radius 2 is 1.76 bits per heavy atom. The van der Waals surface area contributed by atoms with Crippen LogP contribution in [0.15, 0.2) is 24.4 Å². The third-order valence-corrected chi connectivity index (χ3v) is 9.43. The van der Waals surface area contributed by atoms with Crippen molar-refractivity contribution >= 4 is 47.4 Å². The molecule has 0 aliphatic carbocycles. The lowest BCUT2D eigenvalue weighted by atomic mass is 10.2. The highest BCUT2D eigenvalue weighted by molar-refractivity contribution is 7.88. The highest BCUT2D eigenvalue weighted by Crippen LogP contribution is 2.35. The molecule has 37 heavy (non-hydrogen) atoms. The predicted molar refractivity (Wildman–Crippen MR) is 142 cm³/mol. The van der Waals surface area contributed by atoms with E-state index in [-0.39, 0.29) is 5.75 Å². The minimum absolute atomic E-state index is 0.335. The molecule has 2 saturated heterocycles. The van der Waals surface area contributed by atoms with E-state index < -0.39 is 20.0 Å². The van der Waals surface area contributed by atoms with Crippen molar-refractivity contribution in [2.75, 3.05) is 63.6 Å². The number of sulfonamides is 2. The zero-order valence-electron chi connectivity index (χ0n) is 20.4. The molecule has 200 valence electrons. The summed E-state index contributed by atoms with van der Waals surface area (Å²) in [6.45, 7) is 5.70. The molecule has 3 aromatic rings. The second kappa shape index (κ2) is 10.5.